The van der Waals surface area contributed by atoms with Crippen molar-refractivity contribution in [1.82, 2.24) is 29.7 Å². The predicted molar refractivity (Wildman–Crippen MR) is 326 cm³/mol. The molecule has 2 aliphatic heterocycles. The molecule has 0 saturated heterocycles. The first kappa shape index (κ1) is 51.1. The summed E-state index contributed by atoms with van der Waals surface area (Å²) in [4.78, 5) is 70.0. The molecule has 0 saturated carbocycles. The summed E-state index contributed by atoms with van der Waals surface area (Å²) < 4.78 is 24.1. The number of hydrogen-bond donors (Lipinski definition) is 4. The Kier molecular flexibility index (Phi) is 12.8. The summed E-state index contributed by atoms with van der Waals surface area (Å²) in [5, 5.41) is 4.85. The number of ether oxygens (including phenoxy) is 4. The van der Waals surface area contributed by atoms with Crippen molar-refractivity contribution in [1.29, 1.82) is 0 Å². The van der Waals surface area contributed by atoms with Crippen LogP contribution in [0.5, 0.6) is 23.0 Å². The largest absolute Gasteiger partial charge is 0.489 e. The minimum Gasteiger partial charge on any atom is -0.489 e. The zero-order valence-electron chi connectivity index (χ0n) is 45.6. The molecule has 4 amide bonds. The van der Waals surface area contributed by atoms with Crippen molar-refractivity contribution < 1.29 is 38.1 Å². The van der Waals surface area contributed by atoms with E-state index in [0.717, 1.165) is 87.7 Å². The van der Waals surface area contributed by atoms with Gasteiger partial charge in [0.1, 0.15) is 49.4 Å². The van der Waals surface area contributed by atoms with Gasteiger partial charge in [0.2, 0.25) is 0 Å². The Morgan fingerprint density at radius 1 is 0.345 bits per heavy atom. The maximum atomic E-state index is 13.5. The molecule has 0 fully saturated rings. The van der Waals surface area contributed by atoms with Crippen LogP contribution < -0.4 is 18.9 Å². The fraction of sp³-hybridized carbons (Fsp3) is 0.0857. The van der Waals surface area contributed by atoms with E-state index in [0.29, 0.717) is 82.8 Å². The fourth-order valence-corrected chi connectivity index (χ4v) is 11.4. The molecule has 9 aromatic carbocycles. The Bertz CT molecular complexity index is 4490. The molecule has 14 nitrogen and oxygen atoms in total. The third-order valence-corrected chi connectivity index (χ3v) is 15.7. The van der Waals surface area contributed by atoms with E-state index in [1.807, 2.05) is 194 Å². The molecule has 15 rings (SSSR count). The van der Waals surface area contributed by atoms with Crippen molar-refractivity contribution in [3.63, 3.8) is 0 Å². The number of H-pyrrole nitrogens is 4. The molecule has 4 N–H and O–H groups in total. The number of benzene rings is 9. The topological polar surface area (TPSA) is 175 Å². The van der Waals surface area contributed by atoms with Crippen molar-refractivity contribution in [2.75, 3.05) is 14.1 Å². The van der Waals surface area contributed by atoms with Gasteiger partial charge >= 0.3 is 0 Å². The molecule has 0 unspecified atom stereocenters. The van der Waals surface area contributed by atoms with Crippen molar-refractivity contribution >= 4 is 100 Å². The lowest BCUT2D eigenvalue weighted by Gasteiger charge is -2.08. The number of aromatic nitrogens is 4. The monoisotopic (exact) mass is 1100 g/mol. The molecule has 0 aliphatic carbocycles. The van der Waals surface area contributed by atoms with Crippen LogP contribution in [-0.2, 0) is 36.0 Å². The van der Waals surface area contributed by atoms with Gasteiger partial charge in [0, 0.05) is 105 Å². The van der Waals surface area contributed by atoms with Gasteiger partial charge in [-0.25, -0.2) is 0 Å². The Labute approximate surface area is 480 Å². The Hall–Kier alpha value is -11.1. The van der Waals surface area contributed by atoms with Crippen LogP contribution in [-0.4, -0.2) is 67.5 Å². The molecule has 0 bridgehead atoms. The van der Waals surface area contributed by atoms with E-state index in [2.05, 4.69) is 19.9 Å². The second-order valence-electron chi connectivity index (χ2n) is 20.9. The summed E-state index contributed by atoms with van der Waals surface area (Å²) in [5.41, 5.74) is 12.1. The minimum absolute atomic E-state index is 0.302. The lowest BCUT2D eigenvalue weighted by atomic mass is 9.95. The van der Waals surface area contributed by atoms with E-state index in [9.17, 15) is 19.2 Å². The summed E-state index contributed by atoms with van der Waals surface area (Å²) >= 11 is 0. The number of fused-ring (bicyclic) bond motifs is 12. The number of likely N-dealkylation sites (N-methyl/N-ethyl adjacent to an activating group) is 1. The molecule has 0 atom stereocenters. The van der Waals surface area contributed by atoms with Gasteiger partial charge in [0.05, 0.1) is 44.3 Å². The number of rotatable bonds is 14. The van der Waals surface area contributed by atoms with Crippen molar-refractivity contribution in [2.45, 2.75) is 26.4 Å². The Morgan fingerprint density at radius 3 is 0.976 bits per heavy atom. The summed E-state index contributed by atoms with van der Waals surface area (Å²) in [6.45, 7) is 1.79. The zero-order chi connectivity index (χ0) is 57.0. The van der Waals surface area contributed by atoms with E-state index < -0.39 is 0 Å². The number of aromatic amines is 4. The van der Waals surface area contributed by atoms with Crippen LogP contribution in [0.25, 0.3) is 76.6 Å². The molecule has 0 spiro atoms. The Morgan fingerprint density at radius 2 is 0.643 bits per heavy atom. The van der Waals surface area contributed by atoms with Gasteiger partial charge in [0.15, 0.2) is 0 Å². The average Bonchev–Trinajstić information content (AvgIpc) is 1.71. The van der Waals surface area contributed by atoms with Gasteiger partial charge in [-0.1, -0.05) is 121 Å². The number of carbonyl (C=O) groups is 4. The van der Waals surface area contributed by atoms with Gasteiger partial charge in [-0.15, -0.1) is 0 Å². The van der Waals surface area contributed by atoms with Crippen LogP contribution in [0.1, 0.15) is 54.1 Å². The van der Waals surface area contributed by atoms with E-state index >= 15 is 0 Å². The van der Waals surface area contributed by atoms with Crippen molar-refractivity contribution in [3.8, 4) is 23.0 Å². The average molecular weight is 1110 g/mol. The first-order valence-electron chi connectivity index (χ1n) is 27.5. The van der Waals surface area contributed by atoms with Gasteiger partial charge in [0.25, 0.3) is 23.6 Å². The molecule has 84 heavy (non-hydrogen) atoms. The lowest BCUT2D eigenvalue weighted by molar-refractivity contribution is -0.134. The summed E-state index contributed by atoms with van der Waals surface area (Å²) in [5.74, 6) is 1.57. The maximum Gasteiger partial charge on any atom is 0.262 e. The second-order valence-corrected chi connectivity index (χ2v) is 20.9. The van der Waals surface area contributed by atoms with Crippen molar-refractivity contribution in [3.05, 3.63) is 251 Å². The number of imide groups is 2. The van der Waals surface area contributed by atoms with E-state index in [-0.39, 0.29) is 23.6 Å². The second kappa shape index (κ2) is 21.1. The van der Waals surface area contributed by atoms with Crippen LogP contribution >= 0.6 is 0 Å². The van der Waals surface area contributed by atoms with Crippen LogP contribution in [0.15, 0.2) is 207 Å². The normalized spacial score (nSPS) is 13.3. The summed E-state index contributed by atoms with van der Waals surface area (Å²) in [6, 6.07) is 63.0. The highest BCUT2D eigenvalue weighted by atomic mass is 16.5. The highest BCUT2D eigenvalue weighted by molar-refractivity contribution is 6.50. The highest BCUT2D eigenvalue weighted by Gasteiger charge is 2.40. The lowest BCUT2D eigenvalue weighted by Crippen LogP contribution is -2.26. The molecule has 410 valence electrons. The molecule has 2 aliphatic rings. The third-order valence-electron chi connectivity index (χ3n) is 15.7. The molecule has 4 aromatic heterocycles. The molecule has 0 radical (unpaired) electrons. The summed E-state index contributed by atoms with van der Waals surface area (Å²) in [7, 11) is 3.06. The Balaban J connectivity index is 0.000000149. The minimum atomic E-state index is -0.336. The van der Waals surface area contributed by atoms with Crippen LogP contribution in [0.4, 0.5) is 0 Å². The zero-order valence-corrected chi connectivity index (χ0v) is 45.6. The van der Waals surface area contributed by atoms with E-state index in [1.54, 1.807) is 12.4 Å². The van der Waals surface area contributed by atoms with Gasteiger partial charge in [-0.3, -0.25) is 29.0 Å². The number of hydrogen-bond acceptors (Lipinski definition) is 8. The van der Waals surface area contributed by atoms with E-state index in [4.69, 9.17) is 18.9 Å². The number of amides is 4. The fourth-order valence-electron chi connectivity index (χ4n) is 11.4. The van der Waals surface area contributed by atoms with Crippen LogP contribution in [0, 0.1) is 0 Å². The quantitative estimate of drug-likeness (QED) is 0.0778. The molecular weight excluding hydrogens is 1050 g/mol. The summed E-state index contributed by atoms with van der Waals surface area (Å²) in [6.07, 6.45) is 3.57. The van der Waals surface area contributed by atoms with Crippen LogP contribution in [0.3, 0.4) is 0 Å². The molecular formula is C70H52N6O8. The van der Waals surface area contributed by atoms with Crippen LogP contribution in [0.2, 0.25) is 0 Å². The van der Waals surface area contributed by atoms with Gasteiger partial charge in [-0.05, 0) is 70.8 Å². The van der Waals surface area contributed by atoms with Crippen molar-refractivity contribution in [2.24, 2.45) is 0 Å². The number of nitrogens with one attached hydrogen (secondary N) is 4. The third kappa shape index (κ3) is 9.11. The van der Waals surface area contributed by atoms with E-state index in [1.165, 1.54) is 23.9 Å². The SMILES string of the molecule is CN1C(=O)C(c2c[nH]c3cc(OCc4ccccc4)ccc23)=C(c2c[nH]c3cc(OCc4ccccc4)ccc23)C1=O.CN1C(=O)c2c(c3c4ccc(OCc5ccccc5)cc4[nH]c3c3[nH]c4cc(OCc5ccccc5)ccc4c23)C1=O. The first-order chi connectivity index (χ1) is 41.1. The number of carbonyl (C=O) groups excluding carboxylic acids is 4. The molecule has 14 heteroatoms. The smallest absolute Gasteiger partial charge is 0.262 e. The molecule has 6 heterocycles. The van der Waals surface area contributed by atoms with Gasteiger partial charge < -0.3 is 38.9 Å². The maximum absolute atomic E-state index is 13.5. The standard InChI is InChI=1S/C35H25N3O4.C35H27N3O4/c1-38-34(39)30-28-24-14-12-22(41-18-20-8-4-2-5-9-20)16-26(24)36-32(28)33-29(31(30)35(38)40)25-15-13-23(17-27(25)37-33)42-19-21-10-6-3-7-11-21;1-38-34(39)32(28-18-36-30-16-24(12-14-26(28)30)41-20-22-8-4-2-5-9-22)33(35(38)40)29-19-37-31-17-25(13-15-27(29)31)42-21-23-10-6-3-7-11-23/h2-17,36-37H,18-19H2,1H3;2-19,36-37H,20-21H2,1H3. The molecule has 13 aromatic rings. The number of nitrogens with zero attached hydrogens (tertiary/aromatic N) is 2. The predicted octanol–water partition coefficient (Wildman–Crippen LogP) is 14.1. The van der Waals surface area contributed by atoms with Gasteiger partial charge in [-0.2, -0.15) is 0 Å². The first-order valence-corrected chi connectivity index (χ1v) is 27.5. The highest BCUT2D eigenvalue weighted by Crippen LogP contribution is 2.45.